The van der Waals surface area contributed by atoms with Gasteiger partial charge in [-0.1, -0.05) is 75.6 Å². The van der Waals surface area contributed by atoms with Crippen molar-refractivity contribution in [3.8, 4) is 17.0 Å². The standard InChI is InChI=1S/C33H45N3O/c1-8-11-13-20-34-33(36-24-28(14-10-3)18-16-25(4)15-12-9-2)30-21-29(22-32(37-7)27(30)6)31-19-17-26(5)23-35-31/h13-23H,8-12,24H2,1-7H3,(H,34,36)/b18-16-,20-13+,25-15+,28-14-. The molecule has 0 saturated heterocycles. The molecular formula is C33H45N3O. The van der Waals surface area contributed by atoms with E-state index < -0.39 is 0 Å². The van der Waals surface area contributed by atoms with Crippen molar-refractivity contribution in [3.05, 3.63) is 94.9 Å². The normalized spacial score (nSPS) is 13.1. The molecule has 0 aliphatic rings. The predicted octanol–water partition coefficient (Wildman–Crippen LogP) is 8.66. The van der Waals surface area contributed by atoms with E-state index in [0.717, 1.165) is 71.6 Å². The fourth-order valence-electron chi connectivity index (χ4n) is 3.82. The molecule has 0 spiro atoms. The summed E-state index contributed by atoms with van der Waals surface area (Å²) in [6, 6.07) is 8.35. The van der Waals surface area contributed by atoms with Gasteiger partial charge in [0.25, 0.3) is 0 Å². The Morgan fingerprint density at radius 2 is 1.81 bits per heavy atom. The molecule has 0 aliphatic heterocycles. The maximum Gasteiger partial charge on any atom is 0.133 e. The van der Waals surface area contributed by atoms with Crippen LogP contribution in [0.4, 0.5) is 0 Å². The van der Waals surface area contributed by atoms with Crippen molar-refractivity contribution in [1.29, 1.82) is 0 Å². The average molecular weight is 500 g/mol. The van der Waals surface area contributed by atoms with Crippen molar-refractivity contribution < 1.29 is 4.74 Å². The summed E-state index contributed by atoms with van der Waals surface area (Å²) in [6.45, 7) is 13.4. The number of benzene rings is 1. The highest BCUT2D eigenvalue weighted by Crippen LogP contribution is 2.29. The Morgan fingerprint density at radius 1 is 1.03 bits per heavy atom. The van der Waals surface area contributed by atoms with E-state index >= 15 is 0 Å². The molecule has 0 radical (unpaired) electrons. The Labute approximate surface area is 225 Å². The zero-order valence-corrected chi connectivity index (χ0v) is 23.9. The van der Waals surface area contributed by atoms with Gasteiger partial charge in [-0.05, 0) is 75.6 Å². The lowest BCUT2D eigenvalue weighted by Gasteiger charge is -2.16. The molecule has 198 valence electrons. The summed E-state index contributed by atoms with van der Waals surface area (Å²) in [4.78, 5) is 9.72. The number of aromatic nitrogens is 1. The second-order valence-corrected chi connectivity index (χ2v) is 9.33. The lowest BCUT2D eigenvalue weighted by atomic mass is 10.00. The zero-order chi connectivity index (χ0) is 27.0. The molecule has 0 atom stereocenters. The molecule has 37 heavy (non-hydrogen) atoms. The SMILES string of the molecule is CC/C=C(/C=C\C(C)=C\CCC)CN=C(N/C=C/CCC)c1cc(-c2ccc(C)cn2)cc(OC)c1C. The van der Waals surface area contributed by atoms with Crippen LogP contribution in [-0.4, -0.2) is 24.5 Å². The zero-order valence-electron chi connectivity index (χ0n) is 23.9. The van der Waals surface area contributed by atoms with Crippen molar-refractivity contribution in [1.82, 2.24) is 10.3 Å². The number of aryl methyl sites for hydroxylation is 1. The second kappa shape index (κ2) is 16.4. The summed E-state index contributed by atoms with van der Waals surface area (Å²) in [6.07, 6.45) is 20.3. The van der Waals surface area contributed by atoms with Gasteiger partial charge in [-0.15, -0.1) is 0 Å². The molecule has 1 N–H and O–H groups in total. The van der Waals surface area contributed by atoms with E-state index in [-0.39, 0.29) is 0 Å². The average Bonchev–Trinajstić information content (AvgIpc) is 2.90. The van der Waals surface area contributed by atoms with Crippen LogP contribution in [0.2, 0.25) is 0 Å². The van der Waals surface area contributed by atoms with Crippen LogP contribution >= 0.6 is 0 Å². The Balaban J connectivity index is 2.52. The van der Waals surface area contributed by atoms with Gasteiger partial charge in [0.2, 0.25) is 0 Å². The number of rotatable bonds is 13. The summed E-state index contributed by atoms with van der Waals surface area (Å²) < 4.78 is 5.77. The molecule has 4 heteroatoms. The molecule has 1 heterocycles. The van der Waals surface area contributed by atoms with E-state index in [1.807, 2.05) is 19.3 Å². The van der Waals surface area contributed by atoms with Gasteiger partial charge in [0, 0.05) is 22.9 Å². The van der Waals surface area contributed by atoms with Crippen LogP contribution in [0.15, 0.2) is 83.2 Å². The second-order valence-electron chi connectivity index (χ2n) is 9.33. The highest BCUT2D eigenvalue weighted by atomic mass is 16.5. The minimum atomic E-state index is 0.587. The molecule has 2 rings (SSSR count). The van der Waals surface area contributed by atoms with Crippen molar-refractivity contribution in [2.45, 2.75) is 73.6 Å². The van der Waals surface area contributed by atoms with Gasteiger partial charge in [-0.2, -0.15) is 0 Å². The molecular weight excluding hydrogens is 454 g/mol. The van der Waals surface area contributed by atoms with Gasteiger partial charge in [-0.3, -0.25) is 9.98 Å². The van der Waals surface area contributed by atoms with E-state index in [1.165, 1.54) is 11.1 Å². The number of pyridine rings is 1. The van der Waals surface area contributed by atoms with Gasteiger partial charge in [0.1, 0.15) is 11.6 Å². The summed E-state index contributed by atoms with van der Waals surface area (Å²) in [7, 11) is 1.71. The van der Waals surface area contributed by atoms with Gasteiger partial charge in [-0.25, -0.2) is 0 Å². The van der Waals surface area contributed by atoms with Crippen LogP contribution in [0.3, 0.4) is 0 Å². The topological polar surface area (TPSA) is 46.5 Å². The molecule has 0 bridgehead atoms. The van der Waals surface area contributed by atoms with Crippen LogP contribution in [0.1, 0.15) is 76.5 Å². The number of nitrogens with zero attached hydrogens (tertiary/aromatic N) is 2. The lowest BCUT2D eigenvalue weighted by molar-refractivity contribution is 0.412. The van der Waals surface area contributed by atoms with E-state index in [9.17, 15) is 0 Å². The number of hydrogen-bond donors (Lipinski definition) is 1. The first-order chi connectivity index (χ1) is 17.9. The van der Waals surface area contributed by atoms with Gasteiger partial charge in [0.15, 0.2) is 0 Å². The van der Waals surface area contributed by atoms with Gasteiger partial charge in [0.05, 0.1) is 19.3 Å². The summed E-state index contributed by atoms with van der Waals surface area (Å²) >= 11 is 0. The van der Waals surface area contributed by atoms with Crippen molar-refractivity contribution in [3.63, 3.8) is 0 Å². The van der Waals surface area contributed by atoms with Crippen LogP contribution in [0.25, 0.3) is 11.3 Å². The monoisotopic (exact) mass is 499 g/mol. The van der Waals surface area contributed by atoms with Crippen molar-refractivity contribution in [2.24, 2.45) is 4.99 Å². The summed E-state index contributed by atoms with van der Waals surface area (Å²) in [5, 5.41) is 3.47. The Morgan fingerprint density at radius 3 is 2.46 bits per heavy atom. The third-order valence-corrected chi connectivity index (χ3v) is 6.04. The molecule has 0 saturated carbocycles. The third kappa shape index (κ3) is 9.87. The summed E-state index contributed by atoms with van der Waals surface area (Å²) in [5.74, 6) is 1.65. The van der Waals surface area contributed by atoms with Gasteiger partial charge < -0.3 is 10.1 Å². The van der Waals surface area contributed by atoms with E-state index in [2.05, 4.69) is 99.6 Å². The highest BCUT2D eigenvalue weighted by molar-refractivity contribution is 6.02. The van der Waals surface area contributed by atoms with E-state index in [0.29, 0.717) is 6.54 Å². The third-order valence-electron chi connectivity index (χ3n) is 6.04. The van der Waals surface area contributed by atoms with Gasteiger partial charge >= 0.3 is 0 Å². The molecule has 0 fully saturated rings. The minimum Gasteiger partial charge on any atom is -0.496 e. The molecule has 0 unspecified atom stereocenters. The first kappa shape index (κ1) is 29.8. The lowest BCUT2D eigenvalue weighted by Crippen LogP contribution is -2.21. The predicted molar refractivity (Wildman–Crippen MR) is 160 cm³/mol. The number of nitrogens with one attached hydrogen (secondary N) is 1. The maximum absolute atomic E-state index is 5.77. The number of unbranched alkanes of at least 4 members (excludes halogenated alkanes) is 2. The maximum atomic E-state index is 5.77. The highest BCUT2D eigenvalue weighted by Gasteiger charge is 2.14. The van der Waals surface area contributed by atoms with Crippen LogP contribution in [0, 0.1) is 13.8 Å². The fourth-order valence-corrected chi connectivity index (χ4v) is 3.82. The van der Waals surface area contributed by atoms with E-state index in [4.69, 9.17) is 9.73 Å². The number of aliphatic imine (C=N–C) groups is 1. The molecule has 4 nitrogen and oxygen atoms in total. The van der Waals surface area contributed by atoms with Crippen LogP contribution < -0.4 is 10.1 Å². The molecule has 0 amide bonds. The Kier molecular flexibility index (Phi) is 13.2. The number of allylic oxidation sites excluding steroid dienone is 5. The Bertz CT molecular complexity index is 1130. The van der Waals surface area contributed by atoms with Crippen LogP contribution in [-0.2, 0) is 0 Å². The van der Waals surface area contributed by atoms with Crippen LogP contribution in [0.5, 0.6) is 5.75 Å². The van der Waals surface area contributed by atoms with E-state index in [1.54, 1.807) is 7.11 Å². The molecule has 1 aromatic carbocycles. The summed E-state index contributed by atoms with van der Waals surface area (Å²) in [5.41, 5.74) is 7.59. The first-order valence-corrected chi connectivity index (χ1v) is 13.5. The van der Waals surface area contributed by atoms with Crippen molar-refractivity contribution >= 4 is 5.84 Å². The number of amidine groups is 1. The molecule has 2 aromatic rings. The Hall–Kier alpha value is -3.40. The molecule has 0 aliphatic carbocycles. The fraction of sp³-hybridized carbons (Fsp3) is 0.394. The first-order valence-electron chi connectivity index (χ1n) is 13.5. The largest absolute Gasteiger partial charge is 0.496 e. The minimum absolute atomic E-state index is 0.587. The number of hydrogen-bond acceptors (Lipinski definition) is 3. The quantitative estimate of drug-likeness (QED) is 0.170. The smallest absolute Gasteiger partial charge is 0.133 e. The number of ether oxygens (including phenoxy) is 1. The number of methoxy groups -OCH3 is 1. The molecule has 1 aromatic heterocycles. The van der Waals surface area contributed by atoms with Crippen molar-refractivity contribution in [2.75, 3.05) is 13.7 Å².